The number of esters is 3. The molecule has 3 N–H and O–H groups in total. The van der Waals surface area contributed by atoms with E-state index in [0.717, 1.165) is 11.8 Å². The molecule has 12 heteroatoms. The highest BCUT2D eigenvalue weighted by molar-refractivity contribution is 5.94. The van der Waals surface area contributed by atoms with Gasteiger partial charge in [-0.3, -0.25) is 4.79 Å². The van der Waals surface area contributed by atoms with Crippen molar-refractivity contribution in [3.8, 4) is 0 Å². The lowest BCUT2D eigenvalue weighted by molar-refractivity contribution is -0.240. The lowest BCUT2D eigenvalue weighted by Crippen LogP contribution is -2.67. The Kier molecular flexibility index (Phi) is 5.21. The Morgan fingerprint density at radius 1 is 0.976 bits per heavy atom. The van der Waals surface area contributed by atoms with E-state index in [1.165, 1.54) is 6.92 Å². The van der Waals surface area contributed by atoms with Gasteiger partial charge in [0.2, 0.25) is 11.9 Å². The van der Waals surface area contributed by atoms with E-state index >= 15 is 0 Å². The lowest BCUT2D eigenvalue weighted by Gasteiger charge is -2.48. The molecule has 0 bridgehead atoms. The van der Waals surface area contributed by atoms with Gasteiger partial charge in [0.1, 0.15) is 18.5 Å². The minimum atomic E-state index is -2.40. The lowest BCUT2D eigenvalue weighted by atomic mass is 9.51. The highest BCUT2D eigenvalue weighted by Gasteiger charge is 3.05. The number of aldehydes is 1. The Bertz CT molecular complexity index is 1370. The van der Waals surface area contributed by atoms with Crippen molar-refractivity contribution in [3.63, 3.8) is 0 Å². The third-order valence-corrected chi connectivity index (χ3v) is 10.7. The molecule has 6 fully saturated rings. The molecule has 7 rings (SSSR count). The fraction of sp³-hybridized carbons (Fsp3) is 0.655. The van der Waals surface area contributed by atoms with Crippen LogP contribution in [0.1, 0.15) is 38.8 Å². The monoisotopic (exact) mass is 572 g/mol. The zero-order valence-corrected chi connectivity index (χ0v) is 22.9. The number of aliphatic hydroxyl groups excluding tert-OH is 2. The number of fused-ring (bicyclic) bond motifs is 1. The quantitative estimate of drug-likeness (QED) is 0.236. The predicted molar refractivity (Wildman–Crippen MR) is 132 cm³/mol. The summed E-state index contributed by atoms with van der Waals surface area (Å²) in [6.45, 7) is 6.76. The number of hydrogen-bond donors (Lipinski definition) is 3. The van der Waals surface area contributed by atoms with Crippen LogP contribution in [0.25, 0.3) is 0 Å². The number of carbonyl (C=O) groups is 4. The number of carbonyl (C=O) groups excluding carboxylic acids is 4. The van der Waals surface area contributed by atoms with Crippen LogP contribution in [-0.4, -0.2) is 87.5 Å². The summed E-state index contributed by atoms with van der Waals surface area (Å²) in [5.41, 5.74) is -7.82. The predicted octanol–water partition coefficient (Wildman–Crippen LogP) is -0.433. The van der Waals surface area contributed by atoms with Gasteiger partial charge in [0, 0.05) is 12.3 Å². The number of rotatable bonds is 5. The van der Waals surface area contributed by atoms with E-state index in [0.29, 0.717) is 5.56 Å². The first-order valence-electron chi connectivity index (χ1n) is 13.8. The van der Waals surface area contributed by atoms with Crippen molar-refractivity contribution >= 4 is 24.2 Å². The molecular weight excluding hydrogens is 540 g/mol. The minimum absolute atomic E-state index is 0.0969. The zero-order chi connectivity index (χ0) is 29.5. The van der Waals surface area contributed by atoms with Crippen LogP contribution < -0.4 is 0 Å². The normalized spacial score (nSPS) is 48.8. The summed E-state index contributed by atoms with van der Waals surface area (Å²) >= 11 is 0. The maximum Gasteiger partial charge on any atom is 0.343 e. The second-order valence-corrected chi connectivity index (χ2v) is 13.3. The third kappa shape index (κ3) is 2.58. The van der Waals surface area contributed by atoms with E-state index in [1.54, 1.807) is 24.3 Å². The van der Waals surface area contributed by atoms with Gasteiger partial charge in [0.05, 0.1) is 29.5 Å². The summed E-state index contributed by atoms with van der Waals surface area (Å²) in [5.74, 6) is -4.94. The smallest absolute Gasteiger partial charge is 0.343 e. The van der Waals surface area contributed by atoms with Crippen LogP contribution in [0.5, 0.6) is 0 Å². The molecule has 6 aliphatic rings. The van der Waals surface area contributed by atoms with Gasteiger partial charge in [0.25, 0.3) is 0 Å². The van der Waals surface area contributed by atoms with Crippen molar-refractivity contribution in [2.45, 2.75) is 88.7 Å². The largest absolute Gasteiger partial charge is 0.456 e. The van der Waals surface area contributed by atoms with Gasteiger partial charge >= 0.3 is 17.9 Å². The molecule has 0 radical (unpaired) electrons. The average Bonchev–Trinajstić information content (AvgIpc) is 3.60. The van der Waals surface area contributed by atoms with Crippen molar-refractivity contribution in [3.05, 3.63) is 35.4 Å². The topological polar surface area (TPSA) is 175 Å². The molecule has 12 nitrogen and oxygen atoms in total. The van der Waals surface area contributed by atoms with Crippen LogP contribution in [0.2, 0.25) is 0 Å². The molecule has 4 aliphatic heterocycles. The fourth-order valence-electron chi connectivity index (χ4n) is 9.49. The van der Waals surface area contributed by atoms with E-state index in [-0.39, 0.29) is 13.0 Å². The Labute approximate surface area is 234 Å². The number of benzene rings is 1. The molecule has 0 aromatic heterocycles. The highest BCUT2D eigenvalue weighted by Crippen LogP contribution is 2.84. The first-order chi connectivity index (χ1) is 19.3. The molecule has 1 aromatic carbocycles. The maximum absolute atomic E-state index is 13.9. The van der Waals surface area contributed by atoms with Crippen molar-refractivity contribution in [2.24, 2.45) is 28.1 Å². The van der Waals surface area contributed by atoms with Gasteiger partial charge in [0.15, 0.2) is 17.8 Å². The van der Waals surface area contributed by atoms with Crippen LogP contribution >= 0.6 is 0 Å². The Balaban J connectivity index is 1.42. The fourth-order valence-corrected chi connectivity index (χ4v) is 9.49. The van der Waals surface area contributed by atoms with Gasteiger partial charge in [-0.1, -0.05) is 45.0 Å². The molecule has 2 spiro atoms. The van der Waals surface area contributed by atoms with Gasteiger partial charge in [-0.2, -0.15) is 0 Å². The summed E-state index contributed by atoms with van der Waals surface area (Å²) in [7, 11) is 0. The number of ether oxygens (including phenoxy) is 5. The van der Waals surface area contributed by atoms with Gasteiger partial charge in [-0.25, -0.2) is 9.59 Å². The van der Waals surface area contributed by atoms with E-state index < -0.39 is 94.0 Å². The molecule has 220 valence electrons. The summed E-state index contributed by atoms with van der Waals surface area (Å²) in [6.07, 6.45) is -8.17. The molecule has 1 aromatic rings. The molecule has 41 heavy (non-hydrogen) atoms. The van der Waals surface area contributed by atoms with Crippen LogP contribution in [0.15, 0.2) is 24.3 Å². The number of hydrogen-bond acceptors (Lipinski definition) is 12. The van der Waals surface area contributed by atoms with Gasteiger partial charge in [-0.15, -0.1) is 0 Å². The van der Waals surface area contributed by atoms with E-state index in [4.69, 9.17) is 23.7 Å². The molecule has 4 saturated heterocycles. The Morgan fingerprint density at radius 2 is 1.63 bits per heavy atom. The van der Waals surface area contributed by atoms with Crippen molar-refractivity contribution < 1.29 is 58.2 Å². The molecule has 12 atom stereocenters. The summed E-state index contributed by atoms with van der Waals surface area (Å²) in [6, 6.07) is 7.01. The maximum atomic E-state index is 13.9. The van der Waals surface area contributed by atoms with E-state index in [2.05, 4.69) is 0 Å². The van der Waals surface area contributed by atoms with Crippen LogP contribution in [0.4, 0.5) is 0 Å². The molecule has 6 unspecified atom stereocenters. The molecule has 0 amide bonds. The van der Waals surface area contributed by atoms with E-state index in [9.17, 15) is 34.5 Å². The first-order valence-corrected chi connectivity index (χ1v) is 13.8. The minimum Gasteiger partial charge on any atom is -0.456 e. The molecular formula is C29H32O12. The third-order valence-electron chi connectivity index (χ3n) is 10.7. The second kappa shape index (κ2) is 7.93. The summed E-state index contributed by atoms with van der Waals surface area (Å²) in [4.78, 5) is 51.0. The highest BCUT2D eigenvalue weighted by atomic mass is 16.8. The van der Waals surface area contributed by atoms with Crippen molar-refractivity contribution in [1.29, 1.82) is 0 Å². The zero-order valence-electron chi connectivity index (χ0n) is 22.9. The SMILES string of the molecule is C[C@@H]1C(=O)O[C@H]2C(O)C34C5OC(=O)[C@@]3(OC3OC(=O)[C@H](OCc6ccc(CC=O)cc6)C34C(C(C)(C)C)[C@H]5O)[C@@]12O. The van der Waals surface area contributed by atoms with Crippen LogP contribution in [0, 0.1) is 28.1 Å². The summed E-state index contributed by atoms with van der Waals surface area (Å²) in [5, 5.41) is 36.2. The Morgan fingerprint density at radius 3 is 2.27 bits per heavy atom. The van der Waals surface area contributed by atoms with Crippen LogP contribution in [-0.2, 0) is 55.9 Å². The van der Waals surface area contributed by atoms with E-state index in [1.807, 2.05) is 20.8 Å². The standard InChI is InChI=1S/C29H32O12/c1-12-21(33)38-19-17(32)27-18-15(31)16(25(2,3)4)26(27)20(37-11-14-7-5-13(6-8-14)9-10-30)22(34)40-24(26)41-29(27,23(35)39-18)28(12,19)36/h5-8,10,12,15-20,24,31-32,36H,9,11H2,1-4H3/t12-,15-,16?,17?,18?,19+,20+,24?,26?,27?,28-,29+/m1/s1. The summed E-state index contributed by atoms with van der Waals surface area (Å²) < 4.78 is 29.6. The molecule has 2 saturated carbocycles. The first kappa shape index (κ1) is 27.0. The Hall–Kier alpha value is -2.90. The van der Waals surface area contributed by atoms with Crippen molar-refractivity contribution in [2.75, 3.05) is 0 Å². The van der Waals surface area contributed by atoms with Crippen molar-refractivity contribution in [1.82, 2.24) is 0 Å². The molecule has 4 heterocycles. The second-order valence-electron chi connectivity index (χ2n) is 13.3. The average molecular weight is 573 g/mol. The van der Waals surface area contributed by atoms with Crippen LogP contribution in [0.3, 0.4) is 0 Å². The van der Waals surface area contributed by atoms with Gasteiger partial charge < -0.3 is 43.8 Å². The van der Waals surface area contributed by atoms with Gasteiger partial charge in [-0.05, 0) is 23.5 Å². The number of aliphatic hydroxyl groups is 3. The molecule has 2 aliphatic carbocycles.